The molecule has 0 atom stereocenters. The van der Waals surface area contributed by atoms with Crippen LogP contribution in [0.2, 0.25) is 0 Å². The van der Waals surface area contributed by atoms with E-state index >= 15 is 0 Å². The minimum Gasteiger partial charge on any atom is -0.320 e. The highest BCUT2D eigenvalue weighted by Gasteiger charge is 2.14. The molecule has 0 radical (unpaired) electrons. The first-order chi connectivity index (χ1) is 10.0. The molecule has 0 bridgehead atoms. The summed E-state index contributed by atoms with van der Waals surface area (Å²) in [6, 6.07) is 13.5. The number of anilines is 1. The average Bonchev–Trinajstić information content (AvgIpc) is 2.48. The van der Waals surface area contributed by atoms with Crippen LogP contribution in [0.5, 0.6) is 0 Å². The van der Waals surface area contributed by atoms with Crippen molar-refractivity contribution in [2.24, 2.45) is 5.73 Å². The highest BCUT2D eigenvalue weighted by atomic mass is 32.2. The quantitative estimate of drug-likeness (QED) is 0.853. The van der Waals surface area contributed by atoms with Gasteiger partial charge >= 0.3 is 0 Å². The summed E-state index contributed by atoms with van der Waals surface area (Å²) in [6.07, 6.45) is 0. The van der Waals surface area contributed by atoms with E-state index in [0.717, 1.165) is 11.1 Å². The van der Waals surface area contributed by atoms with Crippen molar-refractivity contribution in [1.29, 1.82) is 0 Å². The van der Waals surface area contributed by atoms with Crippen molar-refractivity contribution in [3.8, 4) is 11.8 Å². The fourth-order valence-electron chi connectivity index (χ4n) is 1.81. The lowest BCUT2D eigenvalue weighted by Gasteiger charge is -2.10. The first kappa shape index (κ1) is 15.1. The second-order valence-electron chi connectivity index (χ2n) is 4.45. The Morgan fingerprint density at radius 3 is 2.48 bits per heavy atom. The molecule has 0 aliphatic heterocycles. The van der Waals surface area contributed by atoms with Gasteiger partial charge in [-0.05, 0) is 42.8 Å². The van der Waals surface area contributed by atoms with Gasteiger partial charge in [0.25, 0.3) is 10.0 Å². The number of aryl methyl sites for hydroxylation is 1. The molecule has 0 unspecified atom stereocenters. The van der Waals surface area contributed by atoms with E-state index < -0.39 is 10.0 Å². The number of hydrogen-bond acceptors (Lipinski definition) is 3. The number of nitrogens with one attached hydrogen (secondary N) is 1. The number of rotatable bonds is 3. The summed E-state index contributed by atoms with van der Waals surface area (Å²) in [4.78, 5) is 0.233. The van der Waals surface area contributed by atoms with Gasteiger partial charge in [0.1, 0.15) is 0 Å². The molecule has 0 aliphatic carbocycles. The molecule has 0 saturated carbocycles. The van der Waals surface area contributed by atoms with Gasteiger partial charge in [0, 0.05) is 5.56 Å². The van der Waals surface area contributed by atoms with Crippen LogP contribution in [-0.2, 0) is 10.0 Å². The zero-order valence-corrected chi connectivity index (χ0v) is 12.4. The van der Waals surface area contributed by atoms with Crippen molar-refractivity contribution in [3.05, 3.63) is 59.7 Å². The minimum absolute atomic E-state index is 0.233. The Morgan fingerprint density at radius 1 is 1.14 bits per heavy atom. The Labute approximate surface area is 125 Å². The van der Waals surface area contributed by atoms with E-state index in [0.29, 0.717) is 12.2 Å². The third-order valence-corrected chi connectivity index (χ3v) is 4.24. The summed E-state index contributed by atoms with van der Waals surface area (Å²) in [5, 5.41) is 0. The molecule has 21 heavy (non-hydrogen) atoms. The highest BCUT2D eigenvalue weighted by molar-refractivity contribution is 7.92. The lowest BCUT2D eigenvalue weighted by molar-refractivity contribution is 0.601. The molecule has 2 aromatic carbocycles. The van der Waals surface area contributed by atoms with E-state index in [1.165, 1.54) is 0 Å². The topological polar surface area (TPSA) is 72.2 Å². The van der Waals surface area contributed by atoms with Gasteiger partial charge in [-0.1, -0.05) is 30.0 Å². The van der Waals surface area contributed by atoms with Crippen LogP contribution in [0.4, 0.5) is 5.69 Å². The van der Waals surface area contributed by atoms with Crippen LogP contribution < -0.4 is 10.5 Å². The van der Waals surface area contributed by atoms with Crippen LogP contribution >= 0.6 is 0 Å². The second kappa shape index (κ2) is 6.44. The molecular weight excluding hydrogens is 284 g/mol. The van der Waals surface area contributed by atoms with E-state index in [2.05, 4.69) is 16.6 Å². The van der Waals surface area contributed by atoms with Crippen molar-refractivity contribution in [2.75, 3.05) is 11.3 Å². The fraction of sp³-hybridized carbons (Fsp3) is 0.125. The second-order valence-corrected chi connectivity index (χ2v) is 6.14. The molecule has 2 aromatic rings. The molecule has 0 saturated heterocycles. The predicted octanol–water partition coefficient (Wildman–Crippen LogP) is 2.11. The molecule has 0 aliphatic rings. The van der Waals surface area contributed by atoms with Crippen molar-refractivity contribution >= 4 is 15.7 Å². The molecule has 0 spiro atoms. The Morgan fingerprint density at radius 2 is 1.86 bits per heavy atom. The largest absolute Gasteiger partial charge is 0.320 e. The number of benzene rings is 2. The van der Waals surface area contributed by atoms with Gasteiger partial charge < -0.3 is 5.73 Å². The highest BCUT2D eigenvalue weighted by Crippen LogP contribution is 2.20. The van der Waals surface area contributed by atoms with Gasteiger partial charge in [0.15, 0.2) is 0 Å². The van der Waals surface area contributed by atoms with Gasteiger partial charge in [-0.25, -0.2) is 8.42 Å². The summed E-state index contributed by atoms with van der Waals surface area (Å²) in [5.41, 5.74) is 7.48. The molecule has 3 N–H and O–H groups in total. The zero-order chi connectivity index (χ0) is 15.3. The van der Waals surface area contributed by atoms with Crippen LogP contribution in [0.25, 0.3) is 0 Å². The van der Waals surface area contributed by atoms with Crippen LogP contribution in [0.15, 0.2) is 53.4 Å². The van der Waals surface area contributed by atoms with Crippen molar-refractivity contribution in [2.45, 2.75) is 11.8 Å². The Kier molecular flexibility index (Phi) is 4.63. The van der Waals surface area contributed by atoms with Gasteiger partial charge in [0.05, 0.1) is 17.1 Å². The normalized spacial score (nSPS) is 10.6. The molecule has 0 heterocycles. The van der Waals surface area contributed by atoms with Gasteiger partial charge in [-0.3, -0.25) is 4.72 Å². The summed E-state index contributed by atoms with van der Waals surface area (Å²) in [5.74, 6) is 5.68. The predicted molar refractivity (Wildman–Crippen MR) is 84.4 cm³/mol. The zero-order valence-electron chi connectivity index (χ0n) is 11.6. The fourth-order valence-corrected chi connectivity index (χ4v) is 2.96. The van der Waals surface area contributed by atoms with Gasteiger partial charge in [-0.2, -0.15) is 0 Å². The molecule has 0 fully saturated rings. The number of hydrogen-bond donors (Lipinski definition) is 2. The molecule has 0 amide bonds. The standard InChI is InChI=1S/C16H16N2O2S/c1-13-12-14(6-5-11-17)9-10-16(13)18-21(19,20)15-7-3-2-4-8-15/h2-4,7-10,12,18H,11,17H2,1H3. The molecule has 0 aromatic heterocycles. The Hall–Kier alpha value is -2.29. The lowest BCUT2D eigenvalue weighted by atomic mass is 10.1. The SMILES string of the molecule is Cc1cc(C#CCN)ccc1NS(=O)(=O)c1ccccc1. The van der Waals surface area contributed by atoms with Crippen LogP contribution in [-0.4, -0.2) is 15.0 Å². The first-order valence-electron chi connectivity index (χ1n) is 6.40. The monoisotopic (exact) mass is 300 g/mol. The molecule has 4 nitrogen and oxygen atoms in total. The lowest BCUT2D eigenvalue weighted by Crippen LogP contribution is -2.13. The Bertz CT molecular complexity index is 788. The van der Waals surface area contributed by atoms with Crippen LogP contribution in [0, 0.1) is 18.8 Å². The summed E-state index contributed by atoms with van der Waals surface area (Å²) >= 11 is 0. The molecular formula is C16H16N2O2S. The third-order valence-electron chi connectivity index (χ3n) is 2.86. The third kappa shape index (κ3) is 3.85. The summed E-state index contributed by atoms with van der Waals surface area (Å²) < 4.78 is 27.1. The van der Waals surface area contributed by atoms with Crippen molar-refractivity contribution in [1.82, 2.24) is 0 Å². The maximum absolute atomic E-state index is 12.3. The molecule has 108 valence electrons. The maximum atomic E-state index is 12.3. The Balaban J connectivity index is 2.28. The van der Waals surface area contributed by atoms with Crippen LogP contribution in [0.3, 0.4) is 0 Å². The number of nitrogens with two attached hydrogens (primary N) is 1. The maximum Gasteiger partial charge on any atom is 0.261 e. The first-order valence-corrected chi connectivity index (χ1v) is 7.89. The molecule has 5 heteroatoms. The van der Waals surface area contributed by atoms with E-state index in [-0.39, 0.29) is 4.90 Å². The van der Waals surface area contributed by atoms with E-state index in [4.69, 9.17) is 5.73 Å². The molecule has 2 rings (SSSR count). The summed E-state index contributed by atoms with van der Waals surface area (Å²) in [7, 11) is -3.57. The number of sulfonamides is 1. The van der Waals surface area contributed by atoms with Gasteiger partial charge in [0.2, 0.25) is 0 Å². The van der Waals surface area contributed by atoms with E-state index in [1.54, 1.807) is 42.5 Å². The smallest absolute Gasteiger partial charge is 0.261 e. The summed E-state index contributed by atoms with van der Waals surface area (Å²) in [6.45, 7) is 2.12. The van der Waals surface area contributed by atoms with E-state index in [1.807, 2.05) is 13.0 Å². The van der Waals surface area contributed by atoms with E-state index in [9.17, 15) is 8.42 Å². The van der Waals surface area contributed by atoms with Crippen LogP contribution in [0.1, 0.15) is 11.1 Å². The van der Waals surface area contributed by atoms with Gasteiger partial charge in [-0.15, -0.1) is 0 Å². The van der Waals surface area contributed by atoms with Crippen molar-refractivity contribution in [3.63, 3.8) is 0 Å². The minimum atomic E-state index is -3.57. The average molecular weight is 300 g/mol. The van der Waals surface area contributed by atoms with Crippen molar-refractivity contribution < 1.29 is 8.42 Å².